The van der Waals surface area contributed by atoms with Gasteiger partial charge in [-0.2, -0.15) is 0 Å². The van der Waals surface area contributed by atoms with E-state index in [0.717, 1.165) is 0 Å². The van der Waals surface area contributed by atoms with Crippen LogP contribution in [0.2, 0.25) is 0 Å². The summed E-state index contributed by atoms with van der Waals surface area (Å²) >= 11 is -2.29. The predicted molar refractivity (Wildman–Crippen MR) is 40.9 cm³/mol. The highest BCUT2D eigenvalue weighted by atomic mass is 32.2. The Kier molecular flexibility index (Phi) is 2.94. The Morgan fingerprint density at radius 2 is 2.50 bits per heavy atom. The fourth-order valence-corrected chi connectivity index (χ4v) is 1.52. The van der Waals surface area contributed by atoms with Crippen molar-refractivity contribution in [2.75, 3.05) is 13.2 Å². The molecule has 1 fully saturated rings. The van der Waals surface area contributed by atoms with Gasteiger partial charge in [-0.25, -0.2) is 4.72 Å². The van der Waals surface area contributed by atoms with Gasteiger partial charge in [-0.1, -0.05) is 0 Å². The van der Waals surface area contributed by atoms with Crippen LogP contribution in [0.1, 0.15) is 13.3 Å². The smallest absolute Gasteiger partial charge is 0.161 e. The van der Waals surface area contributed by atoms with Crippen molar-refractivity contribution < 1.29 is 18.3 Å². The number of nitrogens with one attached hydrogen (secondary N) is 1. The average Bonchev–Trinajstić information content (AvgIpc) is 2.29. The molecule has 6 heteroatoms. The van der Waals surface area contributed by atoms with Gasteiger partial charge in [0.2, 0.25) is 0 Å². The molecule has 1 N–H and O–H groups in total. The molecule has 12 heavy (non-hydrogen) atoms. The first-order valence-corrected chi connectivity index (χ1v) is 4.58. The second-order valence-corrected chi connectivity index (χ2v) is 3.77. The topological polar surface area (TPSA) is 78.5 Å². The third-order valence-electron chi connectivity index (χ3n) is 1.72. The fraction of sp³-hybridized carbons (Fsp3) is 0.833. The summed E-state index contributed by atoms with van der Waals surface area (Å²) in [6, 6.07) is 0. The molecule has 0 saturated carbocycles. The van der Waals surface area contributed by atoms with Gasteiger partial charge in [0.25, 0.3) is 0 Å². The second-order valence-electron chi connectivity index (χ2n) is 3.01. The molecule has 0 aromatic heterocycles. The number of hydrogen-bond acceptors (Lipinski definition) is 4. The van der Waals surface area contributed by atoms with Crippen LogP contribution in [-0.4, -0.2) is 33.3 Å². The SMILES string of the molecule is CC1(CNS(=O)[O-])CC(=O)CO1. The lowest BCUT2D eigenvalue weighted by Crippen LogP contribution is -2.38. The number of ether oxygens (including phenoxy) is 1. The zero-order valence-electron chi connectivity index (χ0n) is 6.66. The van der Waals surface area contributed by atoms with Gasteiger partial charge >= 0.3 is 0 Å². The number of carbonyl (C=O) groups excluding carboxylic acids is 1. The van der Waals surface area contributed by atoms with Crippen molar-refractivity contribution in [2.24, 2.45) is 0 Å². The Labute approximate surface area is 72.9 Å². The van der Waals surface area contributed by atoms with Crippen LogP contribution in [0.4, 0.5) is 0 Å². The minimum atomic E-state index is -2.29. The molecule has 2 atom stereocenters. The van der Waals surface area contributed by atoms with Crippen molar-refractivity contribution in [2.45, 2.75) is 18.9 Å². The molecule has 1 heterocycles. The summed E-state index contributed by atoms with van der Waals surface area (Å²) in [6.45, 7) is 1.94. The first-order chi connectivity index (χ1) is 5.52. The molecule has 5 nitrogen and oxygen atoms in total. The minimum absolute atomic E-state index is 0.0102. The van der Waals surface area contributed by atoms with Gasteiger partial charge in [-0.15, -0.1) is 0 Å². The summed E-state index contributed by atoms with van der Waals surface area (Å²) in [7, 11) is 0. The number of Topliss-reactive ketones (excluding diaryl/α,β-unsaturated/α-hetero) is 1. The first kappa shape index (κ1) is 9.79. The van der Waals surface area contributed by atoms with Crippen LogP contribution >= 0.6 is 0 Å². The third kappa shape index (κ3) is 2.63. The molecule has 2 unspecified atom stereocenters. The van der Waals surface area contributed by atoms with E-state index in [1.54, 1.807) is 6.92 Å². The van der Waals surface area contributed by atoms with Crippen molar-refractivity contribution in [1.82, 2.24) is 4.72 Å². The van der Waals surface area contributed by atoms with E-state index >= 15 is 0 Å². The van der Waals surface area contributed by atoms with Gasteiger partial charge in [-0.3, -0.25) is 9.00 Å². The molecule has 0 bridgehead atoms. The lowest BCUT2D eigenvalue weighted by molar-refractivity contribution is -0.117. The Hall–Kier alpha value is -0.300. The van der Waals surface area contributed by atoms with Gasteiger partial charge < -0.3 is 9.29 Å². The lowest BCUT2D eigenvalue weighted by Gasteiger charge is -2.22. The van der Waals surface area contributed by atoms with E-state index in [9.17, 15) is 13.6 Å². The van der Waals surface area contributed by atoms with Gasteiger partial charge in [0.1, 0.15) is 6.61 Å². The van der Waals surface area contributed by atoms with E-state index in [2.05, 4.69) is 4.72 Å². The molecule has 0 spiro atoms. The van der Waals surface area contributed by atoms with E-state index in [-0.39, 0.29) is 25.4 Å². The highest BCUT2D eigenvalue weighted by Crippen LogP contribution is 2.21. The first-order valence-electron chi connectivity index (χ1n) is 3.50. The number of ketones is 1. The number of carbonyl (C=O) groups is 1. The van der Waals surface area contributed by atoms with Crippen LogP contribution in [0.15, 0.2) is 0 Å². The molecule has 1 saturated heterocycles. The average molecular weight is 192 g/mol. The summed E-state index contributed by atoms with van der Waals surface area (Å²) in [6.07, 6.45) is 0.275. The maximum Gasteiger partial charge on any atom is 0.161 e. The molecule has 1 aliphatic rings. The summed E-state index contributed by atoms with van der Waals surface area (Å²) < 4.78 is 27.6. The Balaban J connectivity index is 2.40. The van der Waals surface area contributed by atoms with E-state index in [1.165, 1.54) is 0 Å². The standard InChI is InChI=1S/C6H11NO4S/c1-6(4-7-12(9)10)2-5(8)3-11-6/h7H,2-4H2,1H3,(H,9,10)/p-1. The van der Waals surface area contributed by atoms with Crippen LogP contribution in [-0.2, 0) is 20.8 Å². The van der Waals surface area contributed by atoms with Crippen molar-refractivity contribution in [3.63, 3.8) is 0 Å². The molecule has 70 valence electrons. The minimum Gasteiger partial charge on any atom is -0.760 e. The summed E-state index contributed by atoms with van der Waals surface area (Å²) in [5.74, 6) is 0.0102. The quantitative estimate of drug-likeness (QED) is 0.589. The maximum atomic E-state index is 10.8. The molecule has 0 aromatic rings. The van der Waals surface area contributed by atoms with Gasteiger partial charge in [0.05, 0.1) is 5.60 Å². The van der Waals surface area contributed by atoms with E-state index < -0.39 is 16.9 Å². The number of hydrogen-bond donors (Lipinski definition) is 1. The van der Waals surface area contributed by atoms with E-state index in [0.29, 0.717) is 0 Å². The molecule has 0 aromatic carbocycles. The normalized spacial score (nSPS) is 32.3. The molecular weight excluding hydrogens is 182 g/mol. The van der Waals surface area contributed by atoms with Crippen molar-refractivity contribution in [3.05, 3.63) is 0 Å². The van der Waals surface area contributed by atoms with Gasteiger partial charge in [0, 0.05) is 24.2 Å². The fourth-order valence-electron chi connectivity index (χ4n) is 1.10. The summed E-state index contributed by atoms with van der Waals surface area (Å²) in [4.78, 5) is 10.8. The Bertz CT molecular complexity index is 220. The van der Waals surface area contributed by atoms with Crippen LogP contribution in [0.3, 0.4) is 0 Å². The van der Waals surface area contributed by atoms with Crippen molar-refractivity contribution >= 4 is 17.0 Å². The maximum absolute atomic E-state index is 10.8. The molecule has 0 aliphatic carbocycles. The molecule has 0 radical (unpaired) electrons. The zero-order valence-corrected chi connectivity index (χ0v) is 7.48. The molecular formula is C6H10NO4S-. The summed E-state index contributed by atoms with van der Waals surface area (Å²) in [5, 5.41) is 0. The monoisotopic (exact) mass is 192 g/mol. The zero-order chi connectivity index (χ0) is 9.19. The van der Waals surface area contributed by atoms with Crippen LogP contribution in [0.5, 0.6) is 0 Å². The predicted octanol–water partition coefficient (Wildman–Crippen LogP) is -0.882. The second kappa shape index (κ2) is 3.61. The van der Waals surface area contributed by atoms with Crippen LogP contribution in [0.25, 0.3) is 0 Å². The van der Waals surface area contributed by atoms with Gasteiger partial charge in [0.15, 0.2) is 5.78 Å². The highest BCUT2D eigenvalue weighted by Gasteiger charge is 2.34. The lowest BCUT2D eigenvalue weighted by atomic mass is 10.0. The molecule has 1 rings (SSSR count). The van der Waals surface area contributed by atoms with Crippen molar-refractivity contribution in [1.29, 1.82) is 0 Å². The largest absolute Gasteiger partial charge is 0.760 e. The van der Waals surface area contributed by atoms with E-state index in [1.807, 2.05) is 0 Å². The van der Waals surface area contributed by atoms with Crippen LogP contribution in [0, 0.1) is 0 Å². The third-order valence-corrected chi connectivity index (χ3v) is 2.10. The van der Waals surface area contributed by atoms with Crippen LogP contribution < -0.4 is 4.72 Å². The number of rotatable bonds is 3. The van der Waals surface area contributed by atoms with Gasteiger partial charge in [-0.05, 0) is 6.92 Å². The molecule has 1 aliphatic heterocycles. The van der Waals surface area contributed by atoms with Crippen molar-refractivity contribution in [3.8, 4) is 0 Å². The Morgan fingerprint density at radius 3 is 2.92 bits per heavy atom. The summed E-state index contributed by atoms with van der Waals surface area (Å²) in [5.41, 5.74) is -0.656. The highest BCUT2D eigenvalue weighted by molar-refractivity contribution is 7.77. The Morgan fingerprint density at radius 1 is 1.83 bits per heavy atom. The molecule has 0 amide bonds. The van der Waals surface area contributed by atoms with E-state index in [4.69, 9.17) is 4.74 Å².